The number of amides is 8. The zero-order valence-corrected chi connectivity index (χ0v) is 28.3. The Bertz CT molecular complexity index is 1270. The smallest absolute Gasteiger partial charge is 0.328 e. The van der Waals surface area contributed by atoms with Crippen LogP contribution >= 0.6 is 0 Å². The molecular formula is C28H49N9O14. The minimum absolute atomic E-state index is 0.102. The van der Waals surface area contributed by atoms with Crippen LogP contribution in [-0.4, -0.2) is 147 Å². The van der Waals surface area contributed by atoms with E-state index in [1.165, 1.54) is 0 Å². The van der Waals surface area contributed by atoms with Crippen molar-refractivity contribution in [3.05, 3.63) is 0 Å². The highest BCUT2D eigenvalue weighted by atomic mass is 16.4. The Morgan fingerprint density at radius 3 is 1.47 bits per heavy atom. The number of primary amides is 2. The van der Waals surface area contributed by atoms with E-state index in [1.807, 2.05) is 5.32 Å². The average Bonchev–Trinajstić information content (AvgIpc) is 3.04. The maximum Gasteiger partial charge on any atom is 0.328 e. The third-order valence-electron chi connectivity index (χ3n) is 6.90. The van der Waals surface area contributed by atoms with E-state index in [1.54, 1.807) is 13.8 Å². The van der Waals surface area contributed by atoms with E-state index in [9.17, 15) is 58.5 Å². The summed E-state index contributed by atoms with van der Waals surface area (Å²) in [5.41, 5.74) is 15.8. The van der Waals surface area contributed by atoms with Gasteiger partial charge in [0.2, 0.25) is 47.3 Å². The molecule has 0 aromatic rings. The third-order valence-corrected chi connectivity index (χ3v) is 6.90. The molecule has 0 aromatic heterocycles. The first-order valence-corrected chi connectivity index (χ1v) is 15.6. The van der Waals surface area contributed by atoms with Gasteiger partial charge >= 0.3 is 5.97 Å². The van der Waals surface area contributed by atoms with Gasteiger partial charge in [-0.05, 0) is 25.7 Å². The predicted octanol–water partition coefficient (Wildman–Crippen LogP) is -8.15. The normalized spacial score (nSPS) is 15.7. The number of rotatable bonds is 24. The van der Waals surface area contributed by atoms with Crippen molar-refractivity contribution in [2.45, 2.75) is 94.9 Å². The molecular weight excluding hydrogens is 686 g/mol. The molecule has 0 saturated carbocycles. The lowest BCUT2D eigenvalue weighted by Crippen LogP contribution is -2.62. The standard InChI is InChI=1S/C28H49N9O14/c1-11(2)6-15(24(46)32-14(4-5-19(30)42)23(45)36-18(10-40)28(50)51)33-25(47)16(7-20(31)43)34-26(48)17(9-39)35-27(49)21(12(3)41)37-22(44)13(29)8-38/h11-18,21,38-41H,4-10,29H2,1-3H3,(H2,30,42)(H2,31,43)(H,32,46)(H,33,47)(H,34,48)(H,35,49)(H,36,45)(H,37,44)(H,50,51)/t12-,13+,14+,15+,16+,17+,18+,21+/m1/s1. The lowest BCUT2D eigenvalue weighted by atomic mass is 10.0. The lowest BCUT2D eigenvalue weighted by molar-refractivity contribution is -0.143. The van der Waals surface area contributed by atoms with Crippen molar-refractivity contribution in [2.75, 3.05) is 19.8 Å². The number of carboxylic acids is 1. The molecule has 23 nitrogen and oxygen atoms in total. The summed E-state index contributed by atoms with van der Waals surface area (Å²) in [5, 5.41) is 60.0. The van der Waals surface area contributed by atoms with E-state index in [0.717, 1.165) is 6.92 Å². The number of carboxylic acid groups (broad SMARTS) is 1. The Labute approximate surface area is 291 Å². The molecule has 17 N–H and O–H groups in total. The molecule has 0 aliphatic carbocycles. The largest absolute Gasteiger partial charge is 0.480 e. The van der Waals surface area contributed by atoms with E-state index < -0.39 is 141 Å². The van der Waals surface area contributed by atoms with Crippen LogP contribution in [0.2, 0.25) is 0 Å². The number of carbonyl (C=O) groups is 9. The number of nitrogens with two attached hydrogens (primary N) is 3. The van der Waals surface area contributed by atoms with Gasteiger partial charge in [-0.25, -0.2) is 4.79 Å². The Kier molecular flexibility index (Phi) is 20.5. The summed E-state index contributed by atoms with van der Waals surface area (Å²) in [5.74, 6) is -10.6. The van der Waals surface area contributed by atoms with Gasteiger partial charge in [-0.1, -0.05) is 13.8 Å². The fraction of sp³-hybridized carbons (Fsp3) is 0.679. The number of aliphatic carboxylic acids is 1. The van der Waals surface area contributed by atoms with Gasteiger partial charge in [-0.3, -0.25) is 38.4 Å². The van der Waals surface area contributed by atoms with Crippen LogP contribution in [0.1, 0.15) is 46.5 Å². The molecule has 0 radical (unpaired) electrons. The lowest BCUT2D eigenvalue weighted by Gasteiger charge is -2.27. The number of aliphatic hydroxyl groups excluding tert-OH is 4. The van der Waals surface area contributed by atoms with Crippen LogP contribution in [-0.2, 0) is 43.2 Å². The van der Waals surface area contributed by atoms with E-state index >= 15 is 0 Å². The number of nitrogens with one attached hydrogen (secondary N) is 6. The first-order valence-electron chi connectivity index (χ1n) is 15.6. The van der Waals surface area contributed by atoms with Gasteiger partial charge in [0, 0.05) is 6.42 Å². The Balaban J connectivity index is 6.11. The van der Waals surface area contributed by atoms with Gasteiger partial charge in [0.1, 0.15) is 42.3 Å². The van der Waals surface area contributed by atoms with Crippen LogP contribution in [0.25, 0.3) is 0 Å². The summed E-state index contributed by atoms with van der Waals surface area (Å²) < 4.78 is 0. The van der Waals surface area contributed by atoms with Crippen molar-refractivity contribution in [3.8, 4) is 0 Å². The van der Waals surface area contributed by atoms with E-state index in [-0.39, 0.29) is 12.3 Å². The van der Waals surface area contributed by atoms with Crippen LogP contribution < -0.4 is 49.1 Å². The molecule has 290 valence electrons. The molecule has 0 spiro atoms. The monoisotopic (exact) mass is 735 g/mol. The quantitative estimate of drug-likeness (QED) is 0.0438. The summed E-state index contributed by atoms with van der Waals surface area (Å²) in [6.45, 7) is 1.52. The number of hydrogen-bond acceptors (Lipinski definition) is 14. The van der Waals surface area contributed by atoms with Crippen molar-refractivity contribution >= 4 is 53.2 Å². The molecule has 0 rings (SSSR count). The first-order chi connectivity index (χ1) is 23.7. The van der Waals surface area contributed by atoms with Gasteiger partial charge in [0.15, 0.2) is 0 Å². The van der Waals surface area contributed by atoms with Gasteiger partial charge in [0.25, 0.3) is 0 Å². The Morgan fingerprint density at radius 2 is 1.02 bits per heavy atom. The highest BCUT2D eigenvalue weighted by Crippen LogP contribution is 2.09. The first kappa shape index (κ1) is 46.0. The fourth-order valence-corrected chi connectivity index (χ4v) is 4.15. The second kappa shape index (κ2) is 22.7. The van der Waals surface area contributed by atoms with Crippen molar-refractivity contribution in [2.24, 2.45) is 23.1 Å². The van der Waals surface area contributed by atoms with Gasteiger partial charge in [-0.2, -0.15) is 0 Å². The molecule has 0 saturated heterocycles. The zero-order chi connectivity index (χ0) is 39.6. The summed E-state index contributed by atoms with van der Waals surface area (Å²) >= 11 is 0. The zero-order valence-electron chi connectivity index (χ0n) is 28.3. The molecule has 0 aromatic carbocycles. The van der Waals surface area contributed by atoms with Crippen LogP contribution in [0.5, 0.6) is 0 Å². The van der Waals surface area contributed by atoms with Crippen LogP contribution in [0.4, 0.5) is 0 Å². The molecule has 8 amide bonds. The second-order valence-corrected chi connectivity index (χ2v) is 11.8. The van der Waals surface area contributed by atoms with Crippen LogP contribution in [0, 0.1) is 5.92 Å². The van der Waals surface area contributed by atoms with Crippen molar-refractivity contribution < 1.29 is 68.7 Å². The predicted molar refractivity (Wildman–Crippen MR) is 172 cm³/mol. The molecule has 0 heterocycles. The number of carbonyl (C=O) groups excluding carboxylic acids is 8. The molecule has 0 bridgehead atoms. The van der Waals surface area contributed by atoms with E-state index in [0.29, 0.717) is 0 Å². The van der Waals surface area contributed by atoms with Crippen molar-refractivity contribution in [1.29, 1.82) is 0 Å². The summed E-state index contributed by atoms with van der Waals surface area (Å²) in [4.78, 5) is 112. The average molecular weight is 736 g/mol. The minimum atomic E-state index is -1.84. The highest BCUT2D eigenvalue weighted by Gasteiger charge is 2.35. The van der Waals surface area contributed by atoms with Gasteiger partial charge in [-0.15, -0.1) is 0 Å². The summed E-state index contributed by atoms with van der Waals surface area (Å²) in [6, 6.07) is -11.6. The van der Waals surface area contributed by atoms with Gasteiger partial charge in [0.05, 0.1) is 32.3 Å². The summed E-state index contributed by atoms with van der Waals surface area (Å²) in [6.07, 6.45) is -3.36. The fourth-order valence-electron chi connectivity index (χ4n) is 4.15. The Hall–Kier alpha value is -4.97. The summed E-state index contributed by atoms with van der Waals surface area (Å²) in [7, 11) is 0. The highest BCUT2D eigenvalue weighted by molar-refractivity contribution is 5.98. The van der Waals surface area contributed by atoms with Gasteiger partial charge < -0.3 is 74.6 Å². The molecule has 0 unspecified atom stereocenters. The molecule has 8 atom stereocenters. The maximum atomic E-state index is 13.3. The molecule has 0 fully saturated rings. The third kappa shape index (κ3) is 17.0. The molecule has 23 heteroatoms. The van der Waals surface area contributed by atoms with Crippen LogP contribution in [0.3, 0.4) is 0 Å². The Morgan fingerprint density at radius 1 is 0.569 bits per heavy atom. The number of hydrogen-bond donors (Lipinski definition) is 14. The second-order valence-electron chi connectivity index (χ2n) is 11.8. The molecule has 51 heavy (non-hydrogen) atoms. The van der Waals surface area contributed by atoms with Crippen LogP contribution in [0.15, 0.2) is 0 Å². The number of aliphatic hydroxyl groups is 4. The molecule has 0 aliphatic heterocycles. The van der Waals surface area contributed by atoms with Crippen molar-refractivity contribution in [1.82, 2.24) is 31.9 Å². The van der Waals surface area contributed by atoms with E-state index in [2.05, 4.69) is 26.6 Å². The maximum absolute atomic E-state index is 13.3. The topological polar surface area (TPSA) is 405 Å². The molecule has 0 aliphatic rings. The minimum Gasteiger partial charge on any atom is -0.480 e. The van der Waals surface area contributed by atoms with E-state index in [4.69, 9.17) is 27.4 Å². The van der Waals surface area contributed by atoms with Crippen molar-refractivity contribution in [3.63, 3.8) is 0 Å². The SMILES string of the molecule is CC(C)C[C@H](NC(=O)[C@H](CC(N)=O)NC(=O)[C@H](CO)NC(=O)[C@@H](NC(=O)[C@@H](N)CO)[C@@H](C)O)C(=O)N[C@@H](CCC(N)=O)C(=O)N[C@@H](CO)C(=O)O.